The molecular formula is C12H16ClNO3S. The minimum Gasteiger partial charge on any atom is -0.481 e. The van der Waals surface area contributed by atoms with Gasteiger partial charge < -0.3 is 10.4 Å². The molecule has 0 aliphatic carbocycles. The van der Waals surface area contributed by atoms with Gasteiger partial charge in [0, 0.05) is 12.5 Å². The summed E-state index contributed by atoms with van der Waals surface area (Å²) in [5, 5.41) is 13.7. The molecule has 1 rings (SSSR count). The molecule has 0 spiro atoms. The van der Waals surface area contributed by atoms with Gasteiger partial charge >= 0.3 is 5.97 Å². The predicted octanol–water partition coefficient (Wildman–Crippen LogP) is 3.08. The number of carboxylic acid groups (broad SMARTS) is 1. The molecule has 18 heavy (non-hydrogen) atoms. The SMILES string of the molecule is Cc1csc(C(=O)NC(C)CCCC(=O)O)c1Cl. The molecule has 1 amide bonds. The lowest BCUT2D eigenvalue weighted by Gasteiger charge is -2.12. The summed E-state index contributed by atoms with van der Waals surface area (Å²) in [6.07, 6.45) is 1.31. The average Bonchev–Trinajstić information content (AvgIpc) is 2.59. The minimum absolute atomic E-state index is 0.0599. The second-order valence-corrected chi connectivity index (χ2v) is 5.48. The Bertz CT molecular complexity index is 445. The number of aliphatic carboxylic acids is 1. The van der Waals surface area contributed by atoms with Gasteiger partial charge in [-0.2, -0.15) is 0 Å². The maximum atomic E-state index is 11.9. The van der Waals surface area contributed by atoms with Gasteiger partial charge in [-0.25, -0.2) is 0 Å². The molecule has 0 aliphatic heterocycles. The highest BCUT2D eigenvalue weighted by molar-refractivity contribution is 7.13. The van der Waals surface area contributed by atoms with Crippen molar-refractivity contribution in [2.75, 3.05) is 0 Å². The van der Waals surface area contributed by atoms with Crippen LogP contribution in [0.15, 0.2) is 5.38 Å². The number of nitrogens with one attached hydrogen (secondary N) is 1. The highest BCUT2D eigenvalue weighted by Gasteiger charge is 2.16. The molecule has 0 aromatic carbocycles. The van der Waals surface area contributed by atoms with Crippen molar-refractivity contribution in [3.8, 4) is 0 Å². The van der Waals surface area contributed by atoms with Gasteiger partial charge in [0.1, 0.15) is 4.88 Å². The second-order valence-electron chi connectivity index (χ2n) is 4.22. The fourth-order valence-electron chi connectivity index (χ4n) is 1.50. The average molecular weight is 290 g/mol. The van der Waals surface area contributed by atoms with Crippen LogP contribution < -0.4 is 5.32 Å². The van der Waals surface area contributed by atoms with Gasteiger partial charge in [0.25, 0.3) is 5.91 Å². The Morgan fingerprint density at radius 2 is 2.22 bits per heavy atom. The first-order valence-corrected chi connectivity index (χ1v) is 6.93. The lowest BCUT2D eigenvalue weighted by Crippen LogP contribution is -2.32. The van der Waals surface area contributed by atoms with Crippen LogP contribution in [0.4, 0.5) is 0 Å². The largest absolute Gasteiger partial charge is 0.481 e. The summed E-state index contributed by atoms with van der Waals surface area (Å²) in [6, 6.07) is -0.0599. The molecule has 0 bridgehead atoms. The van der Waals surface area contributed by atoms with Crippen molar-refractivity contribution in [3.05, 3.63) is 20.8 Å². The number of rotatable bonds is 6. The van der Waals surface area contributed by atoms with E-state index in [1.807, 2.05) is 19.2 Å². The summed E-state index contributed by atoms with van der Waals surface area (Å²) in [6.45, 7) is 3.71. The van der Waals surface area contributed by atoms with Crippen molar-refractivity contribution in [2.45, 2.75) is 39.2 Å². The van der Waals surface area contributed by atoms with Crippen LogP contribution >= 0.6 is 22.9 Å². The summed E-state index contributed by atoms with van der Waals surface area (Å²) in [5.74, 6) is -1.01. The van der Waals surface area contributed by atoms with E-state index in [0.717, 1.165) is 5.56 Å². The molecule has 1 aromatic rings. The van der Waals surface area contributed by atoms with Gasteiger partial charge in [0.15, 0.2) is 0 Å². The highest BCUT2D eigenvalue weighted by atomic mass is 35.5. The zero-order valence-electron chi connectivity index (χ0n) is 10.3. The second kappa shape index (κ2) is 6.75. The zero-order chi connectivity index (χ0) is 13.7. The van der Waals surface area contributed by atoms with Crippen LogP contribution in [0.2, 0.25) is 5.02 Å². The number of hydrogen-bond donors (Lipinski definition) is 2. The van der Waals surface area contributed by atoms with Gasteiger partial charge in [-0.3, -0.25) is 9.59 Å². The van der Waals surface area contributed by atoms with Crippen LogP contribution in [0, 0.1) is 6.92 Å². The third-order valence-corrected chi connectivity index (χ3v) is 4.21. The summed E-state index contributed by atoms with van der Waals surface area (Å²) in [4.78, 5) is 22.8. The van der Waals surface area contributed by atoms with Gasteiger partial charge in [-0.05, 0) is 37.6 Å². The molecule has 0 saturated carbocycles. The molecule has 0 fully saturated rings. The zero-order valence-corrected chi connectivity index (χ0v) is 11.9. The minimum atomic E-state index is -0.814. The molecule has 1 aromatic heterocycles. The van der Waals surface area contributed by atoms with Crippen LogP contribution in [-0.4, -0.2) is 23.0 Å². The fourth-order valence-corrected chi connectivity index (χ4v) is 2.69. The Balaban J connectivity index is 2.45. The number of carboxylic acids is 1. The van der Waals surface area contributed by atoms with Crippen molar-refractivity contribution in [1.82, 2.24) is 5.32 Å². The van der Waals surface area contributed by atoms with E-state index in [1.54, 1.807) is 0 Å². The molecule has 6 heteroatoms. The van der Waals surface area contributed by atoms with Crippen molar-refractivity contribution < 1.29 is 14.7 Å². The molecule has 100 valence electrons. The Hall–Kier alpha value is -1.07. The standard InChI is InChI=1S/C12H16ClNO3S/c1-7-6-18-11(10(7)13)12(17)14-8(2)4-3-5-9(15)16/h6,8H,3-5H2,1-2H3,(H,14,17)(H,15,16). The summed E-state index contributed by atoms with van der Waals surface area (Å²) < 4.78 is 0. The monoisotopic (exact) mass is 289 g/mol. The molecule has 0 radical (unpaired) electrons. The number of carbonyl (C=O) groups excluding carboxylic acids is 1. The molecule has 1 heterocycles. The molecule has 4 nitrogen and oxygen atoms in total. The van der Waals surface area contributed by atoms with E-state index in [9.17, 15) is 9.59 Å². The number of thiophene rings is 1. The first kappa shape index (κ1) is 15.0. The number of carbonyl (C=O) groups is 2. The van der Waals surface area contributed by atoms with Crippen molar-refractivity contribution in [2.24, 2.45) is 0 Å². The van der Waals surface area contributed by atoms with E-state index < -0.39 is 5.97 Å². The third-order valence-electron chi connectivity index (χ3n) is 2.51. The van der Waals surface area contributed by atoms with E-state index in [1.165, 1.54) is 11.3 Å². The van der Waals surface area contributed by atoms with Crippen molar-refractivity contribution >= 4 is 34.8 Å². The summed E-state index contributed by atoms with van der Waals surface area (Å²) in [7, 11) is 0. The highest BCUT2D eigenvalue weighted by Crippen LogP contribution is 2.27. The van der Waals surface area contributed by atoms with E-state index in [-0.39, 0.29) is 18.4 Å². The van der Waals surface area contributed by atoms with E-state index in [4.69, 9.17) is 16.7 Å². The van der Waals surface area contributed by atoms with Gasteiger partial charge in [0.05, 0.1) is 5.02 Å². The van der Waals surface area contributed by atoms with E-state index >= 15 is 0 Å². The van der Waals surface area contributed by atoms with Crippen molar-refractivity contribution in [1.29, 1.82) is 0 Å². The van der Waals surface area contributed by atoms with Crippen LogP contribution in [0.5, 0.6) is 0 Å². The predicted molar refractivity (Wildman–Crippen MR) is 72.5 cm³/mol. The number of hydrogen-bond acceptors (Lipinski definition) is 3. The topological polar surface area (TPSA) is 66.4 Å². The Morgan fingerprint density at radius 3 is 2.72 bits per heavy atom. The van der Waals surface area contributed by atoms with Crippen LogP contribution in [0.25, 0.3) is 0 Å². The Morgan fingerprint density at radius 1 is 1.56 bits per heavy atom. The van der Waals surface area contributed by atoms with E-state index in [0.29, 0.717) is 22.7 Å². The molecule has 0 saturated heterocycles. The molecule has 2 N–H and O–H groups in total. The molecular weight excluding hydrogens is 274 g/mol. The smallest absolute Gasteiger partial charge is 0.303 e. The van der Waals surface area contributed by atoms with Crippen LogP contribution in [-0.2, 0) is 4.79 Å². The molecule has 0 aliphatic rings. The molecule has 1 atom stereocenters. The lowest BCUT2D eigenvalue weighted by molar-refractivity contribution is -0.137. The summed E-state index contributed by atoms with van der Waals surface area (Å²) >= 11 is 7.32. The first-order chi connectivity index (χ1) is 8.41. The first-order valence-electron chi connectivity index (χ1n) is 5.68. The summed E-state index contributed by atoms with van der Waals surface area (Å²) in [5.41, 5.74) is 0.894. The van der Waals surface area contributed by atoms with Gasteiger partial charge in [-0.1, -0.05) is 11.6 Å². The normalized spacial score (nSPS) is 12.2. The van der Waals surface area contributed by atoms with Gasteiger partial charge in [-0.15, -0.1) is 11.3 Å². The van der Waals surface area contributed by atoms with Crippen LogP contribution in [0.3, 0.4) is 0 Å². The van der Waals surface area contributed by atoms with Crippen molar-refractivity contribution in [3.63, 3.8) is 0 Å². The molecule has 1 unspecified atom stereocenters. The third kappa shape index (κ3) is 4.31. The maximum absolute atomic E-state index is 11.9. The number of halogens is 1. The fraction of sp³-hybridized carbons (Fsp3) is 0.500. The van der Waals surface area contributed by atoms with Crippen LogP contribution in [0.1, 0.15) is 41.4 Å². The lowest BCUT2D eigenvalue weighted by atomic mass is 10.1. The van der Waals surface area contributed by atoms with Gasteiger partial charge in [0.2, 0.25) is 0 Å². The maximum Gasteiger partial charge on any atom is 0.303 e. The quantitative estimate of drug-likeness (QED) is 0.846. The Labute approximate surface area is 115 Å². The number of aryl methyl sites for hydroxylation is 1. The number of amides is 1. The van der Waals surface area contributed by atoms with E-state index in [2.05, 4.69) is 5.32 Å². The Kier molecular flexibility index (Phi) is 5.62.